The van der Waals surface area contributed by atoms with Crippen LogP contribution in [0.15, 0.2) is 0 Å². The molecule has 0 amide bonds. The minimum Gasteiger partial charge on any atom is -0.313 e. The molecule has 1 N–H and O–H groups in total. The second-order valence-electron chi connectivity index (χ2n) is 5.57. The van der Waals surface area contributed by atoms with Gasteiger partial charge in [0.05, 0.1) is 0 Å². The van der Waals surface area contributed by atoms with Gasteiger partial charge in [0, 0.05) is 24.7 Å². The molecule has 0 aliphatic carbocycles. The summed E-state index contributed by atoms with van der Waals surface area (Å²) in [5.74, 6) is 0.744. The first kappa shape index (κ1) is 13.0. The predicted molar refractivity (Wildman–Crippen MR) is 67.2 cm³/mol. The molecule has 1 saturated heterocycles. The van der Waals surface area contributed by atoms with E-state index in [0.29, 0.717) is 12.1 Å². The molecule has 2 unspecified atom stereocenters. The summed E-state index contributed by atoms with van der Waals surface area (Å²) in [7, 11) is 0. The maximum absolute atomic E-state index is 3.59. The van der Waals surface area contributed by atoms with Gasteiger partial charge >= 0.3 is 0 Å². The van der Waals surface area contributed by atoms with Crippen molar-refractivity contribution in [3.8, 4) is 0 Å². The van der Waals surface area contributed by atoms with E-state index in [9.17, 15) is 0 Å². The number of rotatable bonds is 5. The molecule has 0 radical (unpaired) electrons. The average molecular weight is 212 g/mol. The van der Waals surface area contributed by atoms with Crippen LogP contribution in [0.5, 0.6) is 0 Å². The molecule has 1 aliphatic rings. The van der Waals surface area contributed by atoms with Crippen molar-refractivity contribution in [1.82, 2.24) is 10.2 Å². The van der Waals surface area contributed by atoms with Gasteiger partial charge in [-0.15, -0.1) is 0 Å². The van der Waals surface area contributed by atoms with Crippen molar-refractivity contribution >= 4 is 0 Å². The van der Waals surface area contributed by atoms with E-state index in [1.165, 1.54) is 25.9 Å². The van der Waals surface area contributed by atoms with Crippen molar-refractivity contribution in [3.05, 3.63) is 0 Å². The zero-order valence-corrected chi connectivity index (χ0v) is 11.1. The quantitative estimate of drug-likeness (QED) is 0.753. The molecule has 1 heterocycles. The molecule has 1 rings (SSSR count). The average Bonchev–Trinajstić information content (AvgIpc) is 2.64. The number of nitrogens with one attached hydrogen (secondary N) is 1. The van der Waals surface area contributed by atoms with E-state index in [1.807, 2.05) is 0 Å². The molecular formula is C13H28N2. The first-order valence-corrected chi connectivity index (χ1v) is 6.51. The zero-order chi connectivity index (χ0) is 11.4. The SMILES string of the molecule is CC(C)C(C)N(CC1CCCN1)C(C)C. The summed E-state index contributed by atoms with van der Waals surface area (Å²) < 4.78 is 0. The summed E-state index contributed by atoms with van der Waals surface area (Å²) in [5.41, 5.74) is 0. The summed E-state index contributed by atoms with van der Waals surface area (Å²) in [6.45, 7) is 14.1. The Labute approximate surface area is 95.4 Å². The lowest BCUT2D eigenvalue weighted by Gasteiger charge is -2.37. The highest BCUT2D eigenvalue weighted by molar-refractivity contribution is 4.82. The van der Waals surface area contributed by atoms with E-state index >= 15 is 0 Å². The molecular weight excluding hydrogens is 184 g/mol. The first-order valence-electron chi connectivity index (χ1n) is 6.51. The molecule has 2 atom stereocenters. The van der Waals surface area contributed by atoms with Gasteiger partial charge in [0.25, 0.3) is 0 Å². The number of hydrogen-bond acceptors (Lipinski definition) is 2. The lowest BCUT2D eigenvalue weighted by atomic mass is 10.0. The molecule has 90 valence electrons. The fraction of sp³-hybridized carbons (Fsp3) is 1.00. The van der Waals surface area contributed by atoms with E-state index in [2.05, 4.69) is 44.8 Å². The Kier molecular flexibility index (Phi) is 5.07. The fourth-order valence-corrected chi connectivity index (χ4v) is 2.40. The molecule has 0 aromatic rings. The second kappa shape index (κ2) is 5.86. The van der Waals surface area contributed by atoms with Crippen molar-refractivity contribution in [3.63, 3.8) is 0 Å². The van der Waals surface area contributed by atoms with Crippen LogP contribution >= 0.6 is 0 Å². The van der Waals surface area contributed by atoms with Gasteiger partial charge in [0.15, 0.2) is 0 Å². The highest BCUT2D eigenvalue weighted by Crippen LogP contribution is 2.16. The van der Waals surface area contributed by atoms with Gasteiger partial charge in [-0.05, 0) is 46.1 Å². The van der Waals surface area contributed by atoms with E-state index in [4.69, 9.17) is 0 Å². The van der Waals surface area contributed by atoms with E-state index in [0.717, 1.165) is 12.0 Å². The Balaban J connectivity index is 2.49. The molecule has 0 aromatic heterocycles. The van der Waals surface area contributed by atoms with Gasteiger partial charge in [-0.3, -0.25) is 4.90 Å². The second-order valence-corrected chi connectivity index (χ2v) is 5.57. The van der Waals surface area contributed by atoms with Crippen molar-refractivity contribution in [2.45, 2.75) is 65.6 Å². The molecule has 0 aromatic carbocycles. The van der Waals surface area contributed by atoms with E-state index in [-0.39, 0.29) is 0 Å². The van der Waals surface area contributed by atoms with Crippen LogP contribution in [0, 0.1) is 5.92 Å². The third kappa shape index (κ3) is 3.76. The maximum Gasteiger partial charge on any atom is 0.0195 e. The minimum atomic E-state index is 0.657. The van der Waals surface area contributed by atoms with Crippen LogP contribution < -0.4 is 5.32 Å². The standard InChI is InChI=1S/C13H28N2/c1-10(2)12(5)15(11(3)4)9-13-7-6-8-14-13/h10-14H,6-9H2,1-5H3. The van der Waals surface area contributed by atoms with Gasteiger partial charge in [0.1, 0.15) is 0 Å². The number of nitrogens with zero attached hydrogens (tertiary/aromatic N) is 1. The van der Waals surface area contributed by atoms with Crippen molar-refractivity contribution in [2.75, 3.05) is 13.1 Å². The van der Waals surface area contributed by atoms with Crippen LogP contribution in [0.25, 0.3) is 0 Å². The molecule has 1 fully saturated rings. The summed E-state index contributed by atoms with van der Waals surface area (Å²) in [5, 5.41) is 3.59. The Morgan fingerprint density at radius 3 is 2.27 bits per heavy atom. The summed E-state index contributed by atoms with van der Waals surface area (Å²) >= 11 is 0. The fourth-order valence-electron chi connectivity index (χ4n) is 2.40. The topological polar surface area (TPSA) is 15.3 Å². The van der Waals surface area contributed by atoms with Crippen LogP contribution in [0.2, 0.25) is 0 Å². The van der Waals surface area contributed by atoms with Gasteiger partial charge in [0.2, 0.25) is 0 Å². The summed E-state index contributed by atoms with van der Waals surface area (Å²) in [6, 6.07) is 2.07. The molecule has 1 aliphatic heterocycles. The Morgan fingerprint density at radius 2 is 1.87 bits per heavy atom. The zero-order valence-electron chi connectivity index (χ0n) is 11.1. The molecule has 0 spiro atoms. The lowest BCUT2D eigenvalue weighted by molar-refractivity contribution is 0.118. The van der Waals surface area contributed by atoms with Crippen LogP contribution in [-0.4, -0.2) is 36.1 Å². The van der Waals surface area contributed by atoms with Crippen LogP contribution in [-0.2, 0) is 0 Å². The normalized spacial score (nSPS) is 24.4. The van der Waals surface area contributed by atoms with Gasteiger partial charge in [-0.2, -0.15) is 0 Å². The molecule has 2 heteroatoms. The van der Waals surface area contributed by atoms with E-state index in [1.54, 1.807) is 0 Å². The monoisotopic (exact) mass is 212 g/mol. The first-order chi connectivity index (χ1) is 7.02. The van der Waals surface area contributed by atoms with Crippen LogP contribution in [0.3, 0.4) is 0 Å². The van der Waals surface area contributed by atoms with Crippen molar-refractivity contribution < 1.29 is 0 Å². The van der Waals surface area contributed by atoms with Crippen molar-refractivity contribution in [1.29, 1.82) is 0 Å². The third-order valence-corrected chi connectivity index (χ3v) is 3.74. The molecule has 2 nitrogen and oxygen atoms in total. The van der Waals surface area contributed by atoms with Crippen molar-refractivity contribution in [2.24, 2.45) is 5.92 Å². The molecule has 0 saturated carbocycles. The smallest absolute Gasteiger partial charge is 0.0195 e. The van der Waals surface area contributed by atoms with E-state index < -0.39 is 0 Å². The predicted octanol–water partition coefficient (Wildman–Crippen LogP) is 2.49. The molecule has 15 heavy (non-hydrogen) atoms. The highest BCUT2D eigenvalue weighted by Gasteiger charge is 2.24. The summed E-state index contributed by atoms with van der Waals surface area (Å²) in [4.78, 5) is 2.65. The highest BCUT2D eigenvalue weighted by atomic mass is 15.2. The number of hydrogen-bond donors (Lipinski definition) is 1. The van der Waals surface area contributed by atoms with Gasteiger partial charge in [-0.1, -0.05) is 13.8 Å². The van der Waals surface area contributed by atoms with Crippen LogP contribution in [0.4, 0.5) is 0 Å². The molecule has 0 bridgehead atoms. The van der Waals surface area contributed by atoms with Crippen LogP contribution in [0.1, 0.15) is 47.5 Å². The largest absolute Gasteiger partial charge is 0.313 e. The van der Waals surface area contributed by atoms with Gasteiger partial charge < -0.3 is 5.32 Å². The van der Waals surface area contributed by atoms with Gasteiger partial charge in [-0.25, -0.2) is 0 Å². The maximum atomic E-state index is 3.59. The Morgan fingerprint density at radius 1 is 1.20 bits per heavy atom. The Bertz CT molecular complexity index is 171. The lowest BCUT2D eigenvalue weighted by Crippen LogP contribution is -2.47. The third-order valence-electron chi connectivity index (χ3n) is 3.74. The minimum absolute atomic E-state index is 0.657. The summed E-state index contributed by atoms with van der Waals surface area (Å²) in [6.07, 6.45) is 2.71. The Hall–Kier alpha value is -0.0800.